The zero-order valence-electron chi connectivity index (χ0n) is 10.6. The third-order valence-corrected chi connectivity index (χ3v) is 3.08. The number of nitrogens with one attached hydrogen (secondary N) is 1. The lowest BCUT2D eigenvalue weighted by molar-refractivity contribution is -0.152. The van der Waals surface area contributed by atoms with Crippen LogP contribution < -0.4 is 5.32 Å². The van der Waals surface area contributed by atoms with Crippen LogP contribution in [0.3, 0.4) is 0 Å². The zero-order chi connectivity index (χ0) is 13.2. The summed E-state index contributed by atoms with van der Waals surface area (Å²) in [5.74, 6) is -0.343. The van der Waals surface area contributed by atoms with Crippen molar-refractivity contribution in [1.82, 2.24) is 15.2 Å². The Kier molecular flexibility index (Phi) is 3.43. The molecule has 96 valence electrons. The van der Waals surface area contributed by atoms with Crippen molar-refractivity contribution in [3.63, 3.8) is 0 Å². The summed E-state index contributed by atoms with van der Waals surface area (Å²) in [7, 11) is 0. The molecule has 18 heavy (non-hydrogen) atoms. The van der Waals surface area contributed by atoms with E-state index < -0.39 is 5.54 Å². The number of aromatic nitrogens is 1. The van der Waals surface area contributed by atoms with Crippen LogP contribution >= 0.6 is 0 Å². The van der Waals surface area contributed by atoms with Crippen LogP contribution in [0.1, 0.15) is 19.5 Å². The molecule has 0 radical (unpaired) electrons. The molecule has 0 spiro atoms. The average molecular weight is 247 g/mol. The standard InChI is InChI=1S/C13H17N3O2/c1-13(2)12(18)16(11(17)9-15-13)8-6-10-5-3-4-7-14-10/h3-5,7,15H,6,8-9H2,1-2H3. The number of carbonyl (C=O) groups is 2. The molecule has 1 aliphatic rings. The van der Waals surface area contributed by atoms with Gasteiger partial charge in [0.05, 0.1) is 12.1 Å². The van der Waals surface area contributed by atoms with Crippen LogP contribution in [0.2, 0.25) is 0 Å². The van der Waals surface area contributed by atoms with E-state index in [0.29, 0.717) is 13.0 Å². The number of hydrogen-bond donors (Lipinski definition) is 1. The minimum absolute atomic E-state index is 0.171. The lowest BCUT2D eigenvalue weighted by Gasteiger charge is -2.36. The summed E-state index contributed by atoms with van der Waals surface area (Å²) in [5, 5.41) is 2.93. The fraction of sp³-hybridized carbons (Fsp3) is 0.462. The molecule has 0 unspecified atom stereocenters. The highest BCUT2D eigenvalue weighted by Gasteiger charge is 2.39. The van der Waals surface area contributed by atoms with Gasteiger partial charge in [-0.1, -0.05) is 6.07 Å². The Morgan fingerprint density at radius 2 is 2.17 bits per heavy atom. The molecular formula is C13H17N3O2. The predicted octanol–water partition coefficient (Wildman–Crippen LogP) is 0.361. The van der Waals surface area contributed by atoms with Crippen molar-refractivity contribution in [3.8, 4) is 0 Å². The number of hydrogen-bond acceptors (Lipinski definition) is 4. The molecule has 5 heteroatoms. The van der Waals surface area contributed by atoms with Gasteiger partial charge in [0.1, 0.15) is 0 Å². The largest absolute Gasteiger partial charge is 0.295 e. The second-order valence-electron chi connectivity index (χ2n) is 4.90. The van der Waals surface area contributed by atoms with Crippen LogP contribution in [0.4, 0.5) is 0 Å². The second kappa shape index (κ2) is 4.86. The van der Waals surface area contributed by atoms with Crippen LogP contribution in [-0.4, -0.2) is 40.3 Å². The highest BCUT2D eigenvalue weighted by Crippen LogP contribution is 2.13. The first-order chi connectivity index (χ1) is 8.50. The van der Waals surface area contributed by atoms with Gasteiger partial charge in [0, 0.05) is 24.9 Å². The average Bonchev–Trinajstić information content (AvgIpc) is 2.36. The van der Waals surface area contributed by atoms with Crippen molar-refractivity contribution in [2.75, 3.05) is 13.1 Å². The molecule has 0 atom stereocenters. The number of rotatable bonds is 3. The molecule has 2 rings (SSSR count). The quantitative estimate of drug-likeness (QED) is 0.783. The van der Waals surface area contributed by atoms with E-state index in [2.05, 4.69) is 10.3 Å². The number of carbonyl (C=O) groups excluding carboxylic acids is 2. The van der Waals surface area contributed by atoms with Crippen molar-refractivity contribution < 1.29 is 9.59 Å². The van der Waals surface area contributed by atoms with E-state index in [1.54, 1.807) is 20.0 Å². The van der Waals surface area contributed by atoms with Gasteiger partial charge in [0.25, 0.3) is 0 Å². The smallest absolute Gasteiger partial charge is 0.248 e. The highest BCUT2D eigenvalue weighted by molar-refractivity contribution is 6.03. The maximum Gasteiger partial charge on any atom is 0.248 e. The van der Waals surface area contributed by atoms with Gasteiger partial charge >= 0.3 is 0 Å². The van der Waals surface area contributed by atoms with E-state index in [9.17, 15) is 9.59 Å². The Bertz CT molecular complexity index is 457. The maximum atomic E-state index is 12.1. The molecule has 0 aromatic carbocycles. The van der Waals surface area contributed by atoms with Crippen LogP contribution in [0.25, 0.3) is 0 Å². The van der Waals surface area contributed by atoms with E-state index >= 15 is 0 Å². The van der Waals surface area contributed by atoms with Gasteiger partial charge in [0.15, 0.2) is 0 Å². The van der Waals surface area contributed by atoms with Crippen LogP contribution in [0, 0.1) is 0 Å². The Morgan fingerprint density at radius 1 is 1.39 bits per heavy atom. The minimum atomic E-state index is -0.669. The lowest BCUT2D eigenvalue weighted by Crippen LogP contribution is -2.63. The molecule has 5 nitrogen and oxygen atoms in total. The van der Waals surface area contributed by atoms with Gasteiger partial charge in [0.2, 0.25) is 11.8 Å². The molecule has 1 aromatic heterocycles. The van der Waals surface area contributed by atoms with Crippen molar-refractivity contribution in [1.29, 1.82) is 0 Å². The first-order valence-electron chi connectivity index (χ1n) is 6.00. The Balaban J connectivity index is 2.03. The number of pyridine rings is 1. The molecule has 1 saturated heterocycles. The zero-order valence-corrected chi connectivity index (χ0v) is 10.6. The van der Waals surface area contributed by atoms with Crippen molar-refractivity contribution in [2.24, 2.45) is 0 Å². The van der Waals surface area contributed by atoms with E-state index in [-0.39, 0.29) is 18.4 Å². The number of nitrogens with zero attached hydrogens (tertiary/aromatic N) is 2. The van der Waals surface area contributed by atoms with Gasteiger partial charge < -0.3 is 0 Å². The Labute approximate surface area is 106 Å². The minimum Gasteiger partial charge on any atom is -0.295 e. The topological polar surface area (TPSA) is 62.3 Å². The maximum absolute atomic E-state index is 12.1. The van der Waals surface area contributed by atoms with Crippen LogP contribution in [-0.2, 0) is 16.0 Å². The molecule has 0 saturated carbocycles. The second-order valence-corrected chi connectivity index (χ2v) is 4.90. The molecular weight excluding hydrogens is 230 g/mol. The van der Waals surface area contributed by atoms with Crippen molar-refractivity contribution in [3.05, 3.63) is 30.1 Å². The fourth-order valence-corrected chi connectivity index (χ4v) is 1.92. The number of amides is 2. The van der Waals surface area contributed by atoms with E-state index in [1.165, 1.54) is 4.90 Å². The van der Waals surface area contributed by atoms with Crippen LogP contribution in [0.15, 0.2) is 24.4 Å². The van der Waals surface area contributed by atoms with Crippen molar-refractivity contribution in [2.45, 2.75) is 25.8 Å². The summed E-state index contributed by atoms with van der Waals surface area (Å²) in [6, 6.07) is 5.63. The van der Waals surface area contributed by atoms with Gasteiger partial charge in [-0.25, -0.2) is 0 Å². The first-order valence-corrected chi connectivity index (χ1v) is 6.00. The van der Waals surface area contributed by atoms with Gasteiger partial charge in [-0.2, -0.15) is 0 Å². The molecule has 2 amide bonds. The molecule has 2 heterocycles. The SMILES string of the molecule is CC1(C)NCC(=O)N(CCc2ccccn2)C1=O. The summed E-state index contributed by atoms with van der Waals surface area (Å²) in [4.78, 5) is 29.3. The number of imide groups is 1. The molecule has 1 N–H and O–H groups in total. The van der Waals surface area contributed by atoms with Gasteiger partial charge in [-0.15, -0.1) is 0 Å². The Hall–Kier alpha value is -1.75. The first kappa shape index (κ1) is 12.7. The predicted molar refractivity (Wildman–Crippen MR) is 66.7 cm³/mol. The summed E-state index contributed by atoms with van der Waals surface area (Å²) in [5.41, 5.74) is 0.215. The van der Waals surface area contributed by atoms with Crippen LogP contribution in [0.5, 0.6) is 0 Å². The van der Waals surface area contributed by atoms with E-state index in [0.717, 1.165) is 5.69 Å². The molecule has 1 aliphatic heterocycles. The van der Waals surface area contributed by atoms with E-state index in [1.807, 2.05) is 18.2 Å². The lowest BCUT2D eigenvalue weighted by atomic mass is 10.0. The van der Waals surface area contributed by atoms with E-state index in [4.69, 9.17) is 0 Å². The monoisotopic (exact) mass is 247 g/mol. The summed E-state index contributed by atoms with van der Waals surface area (Å²) < 4.78 is 0. The summed E-state index contributed by atoms with van der Waals surface area (Å²) in [6.45, 7) is 4.17. The van der Waals surface area contributed by atoms with Gasteiger partial charge in [-0.05, 0) is 26.0 Å². The summed E-state index contributed by atoms with van der Waals surface area (Å²) >= 11 is 0. The van der Waals surface area contributed by atoms with Crippen molar-refractivity contribution >= 4 is 11.8 Å². The fourth-order valence-electron chi connectivity index (χ4n) is 1.92. The normalized spacial score (nSPS) is 19.1. The number of piperazine rings is 1. The molecule has 1 fully saturated rings. The molecule has 0 bridgehead atoms. The molecule has 1 aromatic rings. The third kappa shape index (κ3) is 2.56. The Morgan fingerprint density at radius 3 is 2.83 bits per heavy atom. The third-order valence-electron chi connectivity index (χ3n) is 3.08. The van der Waals surface area contributed by atoms with Gasteiger partial charge in [-0.3, -0.25) is 24.8 Å². The molecule has 0 aliphatic carbocycles. The summed E-state index contributed by atoms with van der Waals surface area (Å²) in [6.07, 6.45) is 2.30. The highest BCUT2D eigenvalue weighted by atomic mass is 16.2.